The standard InChI is InChI=1S/C24H24N2O4/c1-3-4-13-26-21(16-10-6-8-12-19(16)30-2)20(23(28)24(26)29)22(27)17-14-25-18-11-7-5-9-15(17)18/h5-12,14,21,25,27H,3-4,13H2,1-2H3/b22-20+. The van der Waals surface area contributed by atoms with Crippen molar-refractivity contribution in [1.29, 1.82) is 0 Å². The molecule has 6 heteroatoms. The van der Waals surface area contributed by atoms with Crippen molar-refractivity contribution in [3.63, 3.8) is 0 Å². The third-order valence-corrected chi connectivity index (χ3v) is 5.57. The zero-order valence-electron chi connectivity index (χ0n) is 17.0. The second-order valence-corrected chi connectivity index (χ2v) is 7.34. The quantitative estimate of drug-likeness (QED) is 0.362. The number of carbonyl (C=O) groups excluding carboxylic acids is 2. The van der Waals surface area contributed by atoms with Crippen molar-refractivity contribution >= 4 is 28.4 Å². The third kappa shape index (κ3) is 3.14. The highest BCUT2D eigenvalue weighted by Crippen LogP contribution is 2.43. The second kappa shape index (κ2) is 8.06. The SMILES string of the molecule is CCCCN1C(=O)C(=O)/C(=C(/O)c2c[nH]c3ccccc23)C1c1ccccc1OC. The number of hydrogen-bond acceptors (Lipinski definition) is 4. The molecule has 2 aromatic carbocycles. The van der Waals surface area contributed by atoms with E-state index < -0.39 is 17.7 Å². The van der Waals surface area contributed by atoms with Gasteiger partial charge in [-0.3, -0.25) is 9.59 Å². The number of nitrogens with one attached hydrogen (secondary N) is 1. The molecule has 6 nitrogen and oxygen atoms in total. The minimum Gasteiger partial charge on any atom is -0.507 e. The molecule has 0 saturated carbocycles. The number of fused-ring (bicyclic) bond motifs is 1. The first-order valence-electron chi connectivity index (χ1n) is 10.1. The number of rotatable bonds is 6. The van der Waals surface area contributed by atoms with Gasteiger partial charge in [-0.05, 0) is 18.6 Å². The van der Waals surface area contributed by atoms with Crippen LogP contribution >= 0.6 is 0 Å². The van der Waals surface area contributed by atoms with Gasteiger partial charge in [0, 0.05) is 34.8 Å². The van der Waals surface area contributed by atoms with E-state index in [0.29, 0.717) is 23.4 Å². The van der Waals surface area contributed by atoms with Gasteiger partial charge in [0.1, 0.15) is 11.5 Å². The van der Waals surface area contributed by atoms with Gasteiger partial charge >= 0.3 is 0 Å². The van der Waals surface area contributed by atoms with Gasteiger partial charge in [0.2, 0.25) is 0 Å². The fourth-order valence-corrected chi connectivity index (χ4v) is 4.07. The van der Waals surface area contributed by atoms with E-state index in [4.69, 9.17) is 4.74 Å². The minimum atomic E-state index is -0.707. The zero-order chi connectivity index (χ0) is 21.3. The van der Waals surface area contributed by atoms with Crippen LogP contribution < -0.4 is 4.74 Å². The van der Waals surface area contributed by atoms with E-state index in [1.807, 2.05) is 49.4 Å². The number of nitrogens with zero attached hydrogens (tertiary/aromatic N) is 1. The van der Waals surface area contributed by atoms with Crippen LogP contribution in [0.25, 0.3) is 16.7 Å². The lowest BCUT2D eigenvalue weighted by Crippen LogP contribution is -2.30. The molecule has 3 aromatic rings. The van der Waals surface area contributed by atoms with Crippen molar-refractivity contribution < 1.29 is 19.4 Å². The predicted molar refractivity (Wildman–Crippen MR) is 115 cm³/mol. The highest BCUT2D eigenvalue weighted by Gasteiger charge is 2.46. The Hall–Kier alpha value is -3.54. The Balaban J connectivity index is 1.94. The number of hydrogen-bond donors (Lipinski definition) is 2. The molecule has 30 heavy (non-hydrogen) atoms. The van der Waals surface area contributed by atoms with Crippen LogP contribution in [0.5, 0.6) is 5.75 Å². The van der Waals surface area contributed by atoms with Crippen molar-refractivity contribution in [2.45, 2.75) is 25.8 Å². The maximum atomic E-state index is 13.1. The molecule has 1 fully saturated rings. The predicted octanol–water partition coefficient (Wildman–Crippen LogP) is 4.40. The highest BCUT2D eigenvalue weighted by molar-refractivity contribution is 6.46. The molecule has 0 bridgehead atoms. The van der Waals surface area contributed by atoms with Crippen molar-refractivity contribution in [2.24, 2.45) is 0 Å². The molecule has 1 unspecified atom stereocenters. The second-order valence-electron chi connectivity index (χ2n) is 7.34. The van der Waals surface area contributed by atoms with Gasteiger partial charge in [-0.1, -0.05) is 49.7 Å². The van der Waals surface area contributed by atoms with Crippen molar-refractivity contribution in [3.8, 4) is 5.75 Å². The van der Waals surface area contributed by atoms with Crippen LogP contribution in [0.1, 0.15) is 36.9 Å². The number of aromatic nitrogens is 1. The number of carbonyl (C=O) groups is 2. The lowest BCUT2D eigenvalue weighted by molar-refractivity contribution is -0.139. The molecule has 2 heterocycles. The van der Waals surface area contributed by atoms with Crippen LogP contribution in [-0.2, 0) is 9.59 Å². The van der Waals surface area contributed by atoms with Gasteiger partial charge in [-0.25, -0.2) is 0 Å². The summed E-state index contributed by atoms with van der Waals surface area (Å²) in [7, 11) is 1.55. The number of ketones is 1. The van der Waals surface area contributed by atoms with Crippen molar-refractivity contribution in [2.75, 3.05) is 13.7 Å². The highest BCUT2D eigenvalue weighted by atomic mass is 16.5. The van der Waals surface area contributed by atoms with Crippen molar-refractivity contribution in [3.05, 3.63) is 71.4 Å². The number of H-pyrrole nitrogens is 1. The lowest BCUT2D eigenvalue weighted by Gasteiger charge is -2.26. The Labute approximate surface area is 174 Å². The maximum Gasteiger partial charge on any atom is 0.295 e. The summed E-state index contributed by atoms with van der Waals surface area (Å²) in [6.07, 6.45) is 3.30. The molecule has 0 spiro atoms. The first-order chi connectivity index (χ1) is 14.6. The van der Waals surface area contributed by atoms with E-state index in [1.165, 1.54) is 0 Å². The van der Waals surface area contributed by atoms with E-state index in [-0.39, 0.29) is 11.3 Å². The fourth-order valence-electron chi connectivity index (χ4n) is 4.07. The number of para-hydroxylation sites is 2. The summed E-state index contributed by atoms with van der Waals surface area (Å²) in [4.78, 5) is 30.7. The van der Waals surface area contributed by atoms with E-state index in [1.54, 1.807) is 24.3 Å². The number of unbranched alkanes of at least 4 members (excludes halogenated alkanes) is 1. The van der Waals surface area contributed by atoms with Gasteiger partial charge in [0.05, 0.1) is 18.7 Å². The topological polar surface area (TPSA) is 82.6 Å². The number of ether oxygens (including phenoxy) is 1. The number of aliphatic hydroxyl groups is 1. The largest absolute Gasteiger partial charge is 0.507 e. The fraction of sp³-hybridized carbons (Fsp3) is 0.250. The molecule has 154 valence electrons. The molecule has 4 rings (SSSR count). The molecule has 1 aliphatic rings. The van der Waals surface area contributed by atoms with Gasteiger partial charge in [0.15, 0.2) is 0 Å². The van der Waals surface area contributed by atoms with Crippen LogP contribution in [0.3, 0.4) is 0 Å². The van der Waals surface area contributed by atoms with E-state index in [9.17, 15) is 14.7 Å². The van der Waals surface area contributed by atoms with E-state index in [2.05, 4.69) is 4.98 Å². The molecule has 0 radical (unpaired) electrons. The van der Waals surface area contributed by atoms with E-state index in [0.717, 1.165) is 23.7 Å². The maximum absolute atomic E-state index is 13.1. The molecule has 0 aliphatic carbocycles. The molecule has 1 aliphatic heterocycles. The summed E-state index contributed by atoms with van der Waals surface area (Å²) < 4.78 is 5.51. The first kappa shape index (κ1) is 19.8. The molecule has 1 amide bonds. The minimum absolute atomic E-state index is 0.0883. The smallest absolute Gasteiger partial charge is 0.295 e. The Morgan fingerprint density at radius 3 is 2.63 bits per heavy atom. The Morgan fingerprint density at radius 2 is 1.87 bits per heavy atom. The van der Waals surface area contributed by atoms with Crippen LogP contribution in [0, 0.1) is 0 Å². The normalized spacial score (nSPS) is 18.3. The summed E-state index contributed by atoms with van der Waals surface area (Å²) in [5.41, 5.74) is 2.11. The average Bonchev–Trinajstić information content (AvgIpc) is 3.31. The van der Waals surface area contributed by atoms with Crippen LogP contribution in [0.4, 0.5) is 0 Å². The van der Waals surface area contributed by atoms with Crippen LogP contribution in [0.2, 0.25) is 0 Å². The Bertz CT molecular complexity index is 1140. The molecule has 1 saturated heterocycles. The number of amides is 1. The number of likely N-dealkylation sites (tertiary alicyclic amines) is 1. The Kier molecular flexibility index (Phi) is 5.31. The zero-order valence-corrected chi connectivity index (χ0v) is 17.0. The van der Waals surface area contributed by atoms with Gasteiger partial charge < -0.3 is 19.7 Å². The number of aliphatic hydroxyl groups excluding tert-OH is 1. The summed E-state index contributed by atoms with van der Waals surface area (Å²) in [5.74, 6) is -0.887. The molecule has 2 N–H and O–H groups in total. The van der Waals surface area contributed by atoms with Crippen molar-refractivity contribution in [1.82, 2.24) is 9.88 Å². The number of Topliss-reactive ketones (excluding diaryl/α,β-unsaturated/α-hetero) is 1. The third-order valence-electron chi connectivity index (χ3n) is 5.57. The summed E-state index contributed by atoms with van der Waals surface area (Å²) >= 11 is 0. The monoisotopic (exact) mass is 404 g/mol. The number of aromatic amines is 1. The van der Waals surface area contributed by atoms with Gasteiger partial charge in [-0.2, -0.15) is 0 Å². The summed E-state index contributed by atoms with van der Waals surface area (Å²) in [6.45, 7) is 2.45. The summed E-state index contributed by atoms with van der Waals surface area (Å²) in [5, 5.41) is 12.0. The first-order valence-corrected chi connectivity index (χ1v) is 10.1. The molecule has 1 atom stereocenters. The van der Waals surface area contributed by atoms with Crippen LogP contribution in [-0.4, -0.2) is 40.3 Å². The van der Waals surface area contributed by atoms with E-state index >= 15 is 0 Å². The molecular weight excluding hydrogens is 380 g/mol. The number of benzene rings is 2. The molecule has 1 aromatic heterocycles. The lowest BCUT2D eigenvalue weighted by atomic mass is 9.94. The molecular formula is C24H24N2O4. The Morgan fingerprint density at radius 1 is 1.13 bits per heavy atom. The summed E-state index contributed by atoms with van der Waals surface area (Å²) in [6, 6.07) is 14.1. The van der Waals surface area contributed by atoms with Gasteiger partial charge in [0.25, 0.3) is 11.7 Å². The van der Waals surface area contributed by atoms with Crippen LogP contribution in [0.15, 0.2) is 60.3 Å². The number of methoxy groups -OCH3 is 1. The van der Waals surface area contributed by atoms with Gasteiger partial charge in [-0.15, -0.1) is 0 Å². The average molecular weight is 404 g/mol.